The third-order valence-electron chi connectivity index (χ3n) is 4.27. The fourth-order valence-electron chi connectivity index (χ4n) is 2.62. The molecule has 0 bridgehead atoms. The number of amides is 1. The van der Waals surface area contributed by atoms with Gasteiger partial charge in [-0.3, -0.25) is 4.79 Å². The van der Waals surface area contributed by atoms with Gasteiger partial charge in [0, 0.05) is 18.1 Å². The second kappa shape index (κ2) is 7.96. The van der Waals surface area contributed by atoms with Crippen molar-refractivity contribution in [1.29, 1.82) is 0 Å². The van der Waals surface area contributed by atoms with E-state index in [4.69, 9.17) is 32.7 Å². The lowest BCUT2D eigenvalue weighted by Crippen LogP contribution is -2.57. The first-order chi connectivity index (χ1) is 12.8. The molecule has 0 saturated carbocycles. The number of hydrogen-bond donors (Lipinski definition) is 0. The van der Waals surface area contributed by atoms with Gasteiger partial charge in [0.2, 0.25) is 0 Å². The van der Waals surface area contributed by atoms with Crippen molar-refractivity contribution in [3.63, 3.8) is 0 Å². The normalized spacial score (nSPS) is 14.6. The highest BCUT2D eigenvalue weighted by molar-refractivity contribution is 7.92. The first kappa shape index (κ1) is 19.8. The number of halogens is 2. The molecule has 6 nitrogen and oxygen atoms in total. The lowest BCUT2D eigenvalue weighted by molar-refractivity contribution is -0.136. The molecule has 0 spiro atoms. The summed E-state index contributed by atoms with van der Waals surface area (Å²) >= 11 is 11.8. The summed E-state index contributed by atoms with van der Waals surface area (Å²) in [6.07, 6.45) is 0. The average molecular weight is 430 g/mol. The Morgan fingerprint density at radius 2 is 1.81 bits per heavy atom. The molecule has 9 heteroatoms. The minimum atomic E-state index is -3.50. The molecule has 0 aliphatic carbocycles. The number of carbonyl (C=O) groups excluding carboxylic acids is 1. The zero-order chi connectivity index (χ0) is 19.6. The van der Waals surface area contributed by atoms with E-state index in [0.717, 1.165) is 0 Å². The molecule has 144 valence electrons. The summed E-state index contributed by atoms with van der Waals surface area (Å²) in [5, 5.41) is 0.140. The second-order valence-electron chi connectivity index (χ2n) is 6.00. The zero-order valence-electron chi connectivity index (χ0n) is 14.4. The number of benzene rings is 2. The number of sulfone groups is 1. The number of carbonyl (C=O) groups is 1. The van der Waals surface area contributed by atoms with Gasteiger partial charge in [-0.25, -0.2) is 8.42 Å². The molecule has 0 N–H and O–H groups in total. The van der Waals surface area contributed by atoms with Gasteiger partial charge in [-0.2, -0.15) is 0 Å². The number of methoxy groups -OCH3 is 1. The van der Waals surface area contributed by atoms with Crippen LogP contribution in [0.1, 0.15) is 0 Å². The van der Waals surface area contributed by atoms with Crippen molar-refractivity contribution >= 4 is 38.9 Å². The smallest absolute Gasteiger partial charge is 0.260 e. The molecule has 3 rings (SSSR count). The van der Waals surface area contributed by atoms with Crippen molar-refractivity contribution in [2.45, 2.75) is 10.1 Å². The Hall–Kier alpha value is -1.96. The Labute approximate surface area is 167 Å². The van der Waals surface area contributed by atoms with Crippen molar-refractivity contribution < 1.29 is 22.7 Å². The Morgan fingerprint density at radius 1 is 1.15 bits per heavy atom. The zero-order valence-corrected chi connectivity index (χ0v) is 16.7. The van der Waals surface area contributed by atoms with Gasteiger partial charge in [0.25, 0.3) is 5.91 Å². The van der Waals surface area contributed by atoms with E-state index in [-0.39, 0.29) is 30.5 Å². The number of likely N-dealkylation sites (tertiary alicyclic amines) is 1. The van der Waals surface area contributed by atoms with Gasteiger partial charge in [0.1, 0.15) is 16.7 Å². The van der Waals surface area contributed by atoms with Crippen LogP contribution in [0.3, 0.4) is 0 Å². The van der Waals surface area contributed by atoms with Gasteiger partial charge in [0.15, 0.2) is 16.4 Å². The van der Waals surface area contributed by atoms with E-state index < -0.39 is 15.1 Å². The van der Waals surface area contributed by atoms with Crippen LogP contribution in [0.5, 0.6) is 11.5 Å². The van der Waals surface area contributed by atoms with Crippen molar-refractivity contribution in [3.8, 4) is 11.5 Å². The molecule has 1 fully saturated rings. The molecule has 1 saturated heterocycles. The van der Waals surface area contributed by atoms with Crippen LogP contribution in [-0.4, -0.2) is 51.3 Å². The molecule has 27 heavy (non-hydrogen) atoms. The standard InChI is InChI=1S/C18H17Cl2NO5S/c1-25-13-3-5-14(6-4-13)27(23,24)15-9-21(10-15)18(22)11-26-17-7-2-12(19)8-16(17)20/h2-8,15H,9-11H2,1H3. The summed E-state index contributed by atoms with van der Waals surface area (Å²) in [5.74, 6) is 0.622. The van der Waals surface area contributed by atoms with Crippen LogP contribution >= 0.6 is 23.2 Å². The van der Waals surface area contributed by atoms with E-state index in [9.17, 15) is 13.2 Å². The van der Waals surface area contributed by atoms with E-state index in [1.807, 2.05) is 0 Å². The third kappa shape index (κ3) is 4.31. The maximum atomic E-state index is 12.6. The van der Waals surface area contributed by atoms with Crippen LogP contribution in [-0.2, 0) is 14.6 Å². The minimum Gasteiger partial charge on any atom is -0.497 e. The second-order valence-corrected chi connectivity index (χ2v) is 9.08. The summed E-state index contributed by atoms with van der Waals surface area (Å²) in [4.78, 5) is 13.8. The number of ether oxygens (including phenoxy) is 2. The molecule has 1 heterocycles. The van der Waals surface area contributed by atoms with Crippen LogP contribution in [0.2, 0.25) is 10.0 Å². The third-order valence-corrected chi connectivity index (χ3v) is 6.91. The highest BCUT2D eigenvalue weighted by Gasteiger charge is 2.40. The molecule has 0 unspecified atom stereocenters. The predicted molar refractivity (Wildman–Crippen MR) is 103 cm³/mol. The van der Waals surface area contributed by atoms with Gasteiger partial charge in [0.05, 0.1) is 17.0 Å². The quantitative estimate of drug-likeness (QED) is 0.705. The van der Waals surface area contributed by atoms with E-state index in [1.165, 1.54) is 30.2 Å². The van der Waals surface area contributed by atoms with Crippen LogP contribution in [0.4, 0.5) is 0 Å². The van der Waals surface area contributed by atoms with E-state index in [0.29, 0.717) is 21.5 Å². The molecule has 2 aromatic rings. The van der Waals surface area contributed by atoms with Crippen LogP contribution in [0.25, 0.3) is 0 Å². The number of nitrogens with zero attached hydrogens (tertiary/aromatic N) is 1. The van der Waals surface area contributed by atoms with Crippen molar-refractivity contribution in [3.05, 3.63) is 52.5 Å². The van der Waals surface area contributed by atoms with E-state index in [1.54, 1.807) is 24.3 Å². The molecule has 1 amide bonds. The molecular formula is C18H17Cl2NO5S. The molecule has 2 aromatic carbocycles. The minimum absolute atomic E-state index is 0.130. The summed E-state index contributed by atoms with van der Waals surface area (Å²) in [5.41, 5.74) is 0. The first-order valence-electron chi connectivity index (χ1n) is 8.05. The number of rotatable bonds is 6. The molecule has 0 atom stereocenters. The van der Waals surface area contributed by atoms with Gasteiger partial charge in [-0.15, -0.1) is 0 Å². The summed E-state index contributed by atoms with van der Waals surface area (Å²) in [7, 11) is -1.99. The van der Waals surface area contributed by atoms with E-state index in [2.05, 4.69) is 0 Å². The topological polar surface area (TPSA) is 72.9 Å². The van der Waals surface area contributed by atoms with Crippen LogP contribution in [0, 0.1) is 0 Å². The summed E-state index contributed by atoms with van der Waals surface area (Å²) in [6, 6.07) is 10.9. The van der Waals surface area contributed by atoms with Gasteiger partial charge >= 0.3 is 0 Å². The van der Waals surface area contributed by atoms with Crippen LogP contribution < -0.4 is 9.47 Å². The Morgan fingerprint density at radius 3 is 2.41 bits per heavy atom. The van der Waals surface area contributed by atoms with Gasteiger partial charge in [-0.1, -0.05) is 23.2 Å². The van der Waals surface area contributed by atoms with E-state index >= 15 is 0 Å². The lowest BCUT2D eigenvalue weighted by Gasteiger charge is -2.38. The average Bonchev–Trinajstić information content (AvgIpc) is 2.59. The van der Waals surface area contributed by atoms with Crippen molar-refractivity contribution in [1.82, 2.24) is 4.90 Å². The first-order valence-corrected chi connectivity index (χ1v) is 10.3. The van der Waals surface area contributed by atoms with Crippen molar-refractivity contribution in [2.75, 3.05) is 26.8 Å². The number of hydrogen-bond acceptors (Lipinski definition) is 5. The SMILES string of the molecule is COc1ccc(S(=O)(=O)C2CN(C(=O)COc3ccc(Cl)cc3Cl)C2)cc1. The fourth-order valence-corrected chi connectivity index (χ4v) is 4.73. The summed E-state index contributed by atoms with van der Waals surface area (Å²) < 4.78 is 35.6. The Balaban J connectivity index is 1.55. The van der Waals surface area contributed by atoms with Crippen molar-refractivity contribution in [2.24, 2.45) is 0 Å². The highest BCUT2D eigenvalue weighted by atomic mass is 35.5. The monoisotopic (exact) mass is 429 g/mol. The molecular weight excluding hydrogens is 413 g/mol. The molecule has 0 radical (unpaired) electrons. The predicted octanol–water partition coefficient (Wildman–Crippen LogP) is 3.07. The fraction of sp³-hybridized carbons (Fsp3) is 0.278. The Bertz CT molecular complexity index is 941. The van der Waals surface area contributed by atoms with Gasteiger partial charge in [-0.05, 0) is 42.5 Å². The van der Waals surface area contributed by atoms with Gasteiger partial charge < -0.3 is 14.4 Å². The Kier molecular flexibility index (Phi) is 5.83. The summed E-state index contributed by atoms with van der Waals surface area (Å²) in [6.45, 7) is 0.0342. The highest BCUT2D eigenvalue weighted by Crippen LogP contribution is 2.28. The maximum absolute atomic E-state index is 12.6. The van der Waals surface area contributed by atoms with Crippen LogP contribution in [0.15, 0.2) is 47.4 Å². The molecule has 1 aliphatic heterocycles. The molecule has 0 aromatic heterocycles. The molecule has 1 aliphatic rings. The lowest BCUT2D eigenvalue weighted by atomic mass is 10.2. The maximum Gasteiger partial charge on any atom is 0.260 e. The largest absolute Gasteiger partial charge is 0.497 e.